The standard InChI is InChI=1S/C21H20N2O/c1-16-12-13-18(14-20(16)22)21(24)23(19-10-6-3-7-11-19)15-17-8-4-2-5-9-17/h2-14H,15,22H2,1H3. The predicted octanol–water partition coefficient (Wildman–Crippen LogP) is 4.42. The SMILES string of the molecule is Cc1ccc(C(=O)N(Cc2ccccc2)c2ccccc2)cc1N. The molecule has 0 aliphatic carbocycles. The van der Waals surface area contributed by atoms with Crippen LogP contribution in [0, 0.1) is 6.92 Å². The zero-order valence-corrected chi connectivity index (χ0v) is 13.6. The van der Waals surface area contributed by atoms with Crippen LogP contribution in [0.3, 0.4) is 0 Å². The van der Waals surface area contributed by atoms with Gasteiger partial charge in [0.1, 0.15) is 0 Å². The van der Waals surface area contributed by atoms with Crippen molar-refractivity contribution in [1.82, 2.24) is 0 Å². The number of nitrogens with two attached hydrogens (primary N) is 1. The first-order chi connectivity index (χ1) is 11.6. The summed E-state index contributed by atoms with van der Waals surface area (Å²) in [6, 6.07) is 25.1. The first-order valence-electron chi connectivity index (χ1n) is 7.92. The molecule has 0 heterocycles. The van der Waals surface area contributed by atoms with Crippen molar-refractivity contribution in [2.24, 2.45) is 0 Å². The molecule has 0 aliphatic heterocycles. The molecule has 1 amide bonds. The van der Waals surface area contributed by atoms with Crippen LogP contribution in [0.2, 0.25) is 0 Å². The van der Waals surface area contributed by atoms with Gasteiger partial charge in [-0.25, -0.2) is 0 Å². The monoisotopic (exact) mass is 316 g/mol. The minimum absolute atomic E-state index is 0.0586. The second kappa shape index (κ2) is 7.01. The maximum Gasteiger partial charge on any atom is 0.258 e. The highest BCUT2D eigenvalue weighted by Gasteiger charge is 2.18. The summed E-state index contributed by atoms with van der Waals surface area (Å²) in [5, 5.41) is 0. The van der Waals surface area contributed by atoms with E-state index in [0.717, 1.165) is 16.8 Å². The van der Waals surface area contributed by atoms with Gasteiger partial charge in [-0.3, -0.25) is 4.79 Å². The number of benzene rings is 3. The summed E-state index contributed by atoms with van der Waals surface area (Å²) in [5.41, 5.74) is 10.1. The van der Waals surface area contributed by atoms with Gasteiger partial charge in [0, 0.05) is 16.9 Å². The Labute approximate surface area is 142 Å². The normalized spacial score (nSPS) is 10.4. The van der Waals surface area contributed by atoms with Crippen LogP contribution >= 0.6 is 0 Å². The van der Waals surface area contributed by atoms with Crippen molar-refractivity contribution in [3.63, 3.8) is 0 Å². The molecule has 0 aliphatic rings. The molecule has 3 aromatic carbocycles. The number of hydrogen-bond donors (Lipinski definition) is 1. The molecule has 2 N–H and O–H groups in total. The van der Waals surface area contributed by atoms with Crippen LogP contribution in [-0.2, 0) is 6.54 Å². The minimum Gasteiger partial charge on any atom is -0.398 e. The van der Waals surface area contributed by atoms with Crippen LogP contribution in [-0.4, -0.2) is 5.91 Å². The van der Waals surface area contributed by atoms with E-state index in [1.165, 1.54) is 0 Å². The second-order valence-electron chi connectivity index (χ2n) is 5.78. The van der Waals surface area contributed by atoms with E-state index in [1.54, 1.807) is 11.0 Å². The number of aryl methyl sites for hydroxylation is 1. The van der Waals surface area contributed by atoms with Crippen LogP contribution in [0.25, 0.3) is 0 Å². The predicted molar refractivity (Wildman–Crippen MR) is 99.0 cm³/mol. The highest BCUT2D eigenvalue weighted by atomic mass is 16.2. The number of carbonyl (C=O) groups excluding carboxylic acids is 1. The van der Waals surface area contributed by atoms with Crippen LogP contribution in [0.1, 0.15) is 21.5 Å². The number of hydrogen-bond acceptors (Lipinski definition) is 2. The molecule has 24 heavy (non-hydrogen) atoms. The van der Waals surface area contributed by atoms with E-state index < -0.39 is 0 Å². The molecule has 0 saturated heterocycles. The minimum atomic E-state index is -0.0586. The summed E-state index contributed by atoms with van der Waals surface area (Å²) >= 11 is 0. The van der Waals surface area contributed by atoms with Gasteiger partial charge in [0.15, 0.2) is 0 Å². The second-order valence-corrected chi connectivity index (χ2v) is 5.78. The molecule has 0 saturated carbocycles. The van der Waals surface area contributed by atoms with E-state index >= 15 is 0 Å². The van der Waals surface area contributed by atoms with Gasteiger partial charge in [-0.05, 0) is 42.3 Å². The first-order valence-corrected chi connectivity index (χ1v) is 7.92. The Morgan fingerprint density at radius 3 is 2.17 bits per heavy atom. The summed E-state index contributed by atoms with van der Waals surface area (Å²) in [6.45, 7) is 2.44. The largest absolute Gasteiger partial charge is 0.398 e. The van der Waals surface area contributed by atoms with E-state index in [1.807, 2.05) is 79.7 Å². The zero-order chi connectivity index (χ0) is 16.9. The Hall–Kier alpha value is -3.07. The Bertz CT molecular complexity index is 829. The van der Waals surface area contributed by atoms with Crippen molar-refractivity contribution in [2.75, 3.05) is 10.6 Å². The Kier molecular flexibility index (Phi) is 4.62. The van der Waals surface area contributed by atoms with Crippen LogP contribution in [0.15, 0.2) is 78.9 Å². The average Bonchev–Trinajstić information content (AvgIpc) is 2.63. The lowest BCUT2D eigenvalue weighted by Crippen LogP contribution is -2.30. The van der Waals surface area contributed by atoms with Crippen molar-refractivity contribution in [1.29, 1.82) is 0 Å². The van der Waals surface area contributed by atoms with E-state index in [9.17, 15) is 4.79 Å². The third-order valence-corrected chi connectivity index (χ3v) is 4.02. The van der Waals surface area contributed by atoms with E-state index in [4.69, 9.17) is 5.73 Å². The maximum absolute atomic E-state index is 13.1. The molecule has 0 spiro atoms. The van der Waals surface area contributed by atoms with Gasteiger partial charge in [-0.15, -0.1) is 0 Å². The molecule has 0 unspecified atom stereocenters. The third-order valence-electron chi connectivity index (χ3n) is 4.02. The van der Waals surface area contributed by atoms with Gasteiger partial charge >= 0.3 is 0 Å². The molecule has 3 nitrogen and oxygen atoms in total. The number of amides is 1. The summed E-state index contributed by atoms with van der Waals surface area (Å²) in [5.74, 6) is -0.0586. The summed E-state index contributed by atoms with van der Waals surface area (Å²) in [4.78, 5) is 14.9. The van der Waals surface area contributed by atoms with Gasteiger partial charge in [0.25, 0.3) is 5.91 Å². The lowest BCUT2D eigenvalue weighted by atomic mass is 10.1. The number of anilines is 2. The van der Waals surface area contributed by atoms with Crippen LogP contribution in [0.4, 0.5) is 11.4 Å². The van der Waals surface area contributed by atoms with Crippen molar-refractivity contribution >= 4 is 17.3 Å². The fourth-order valence-electron chi connectivity index (χ4n) is 2.58. The molecule has 0 atom stereocenters. The summed E-state index contributed by atoms with van der Waals surface area (Å²) in [7, 11) is 0. The van der Waals surface area contributed by atoms with Gasteiger partial charge in [0.05, 0.1) is 6.54 Å². The molecule has 3 aromatic rings. The number of rotatable bonds is 4. The number of nitrogens with zero attached hydrogens (tertiary/aromatic N) is 1. The summed E-state index contributed by atoms with van der Waals surface area (Å²) < 4.78 is 0. The van der Waals surface area contributed by atoms with Crippen molar-refractivity contribution < 1.29 is 4.79 Å². The van der Waals surface area contributed by atoms with Crippen LogP contribution < -0.4 is 10.6 Å². The molecule has 0 bridgehead atoms. The molecule has 3 heteroatoms. The molecule has 0 aromatic heterocycles. The summed E-state index contributed by atoms with van der Waals surface area (Å²) in [6.07, 6.45) is 0. The smallest absolute Gasteiger partial charge is 0.258 e. The zero-order valence-electron chi connectivity index (χ0n) is 13.6. The van der Waals surface area contributed by atoms with Gasteiger partial charge in [-0.1, -0.05) is 54.6 Å². The maximum atomic E-state index is 13.1. The van der Waals surface area contributed by atoms with Gasteiger partial charge in [0.2, 0.25) is 0 Å². The van der Waals surface area contributed by atoms with E-state index in [-0.39, 0.29) is 5.91 Å². The Morgan fingerprint density at radius 1 is 0.917 bits per heavy atom. The van der Waals surface area contributed by atoms with Crippen molar-refractivity contribution in [3.8, 4) is 0 Å². The molecular weight excluding hydrogens is 296 g/mol. The molecule has 120 valence electrons. The fraction of sp³-hybridized carbons (Fsp3) is 0.0952. The Balaban J connectivity index is 1.97. The molecule has 0 fully saturated rings. The molecular formula is C21H20N2O. The quantitative estimate of drug-likeness (QED) is 0.724. The van der Waals surface area contributed by atoms with Gasteiger partial charge in [-0.2, -0.15) is 0 Å². The highest BCUT2D eigenvalue weighted by molar-refractivity contribution is 6.06. The number of para-hydroxylation sites is 1. The first kappa shape index (κ1) is 15.8. The Morgan fingerprint density at radius 2 is 1.54 bits per heavy atom. The van der Waals surface area contributed by atoms with E-state index in [2.05, 4.69) is 0 Å². The van der Waals surface area contributed by atoms with Crippen molar-refractivity contribution in [3.05, 3.63) is 95.6 Å². The molecule has 0 radical (unpaired) electrons. The van der Waals surface area contributed by atoms with Gasteiger partial charge < -0.3 is 10.6 Å². The average molecular weight is 316 g/mol. The lowest BCUT2D eigenvalue weighted by Gasteiger charge is -2.23. The van der Waals surface area contributed by atoms with E-state index in [0.29, 0.717) is 17.8 Å². The number of nitrogen functional groups attached to an aromatic ring is 1. The van der Waals surface area contributed by atoms with Crippen LogP contribution in [0.5, 0.6) is 0 Å². The number of carbonyl (C=O) groups is 1. The topological polar surface area (TPSA) is 46.3 Å². The third kappa shape index (κ3) is 3.46. The lowest BCUT2D eigenvalue weighted by molar-refractivity contribution is 0.0985. The fourth-order valence-corrected chi connectivity index (χ4v) is 2.58. The van der Waals surface area contributed by atoms with Crippen molar-refractivity contribution in [2.45, 2.75) is 13.5 Å². The highest BCUT2D eigenvalue weighted by Crippen LogP contribution is 2.22. The molecule has 3 rings (SSSR count).